The molecule has 0 bridgehead atoms. The van der Waals surface area contributed by atoms with Crippen LogP contribution in [0.1, 0.15) is 0 Å². The van der Waals surface area contributed by atoms with Crippen LogP contribution in [0.4, 0.5) is 0 Å². The minimum atomic E-state index is 0.693. The molecular formula is C54H32N8O. The van der Waals surface area contributed by atoms with Gasteiger partial charge in [-0.1, -0.05) is 60.7 Å². The van der Waals surface area contributed by atoms with E-state index >= 15 is 0 Å². The third-order valence-electron chi connectivity index (χ3n) is 12.1. The molecule has 0 saturated carbocycles. The van der Waals surface area contributed by atoms with Crippen molar-refractivity contribution in [3.8, 4) is 56.4 Å². The van der Waals surface area contributed by atoms with Crippen molar-refractivity contribution in [1.82, 2.24) is 39.0 Å². The lowest BCUT2D eigenvalue weighted by Crippen LogP contribution is -1.95. The topological polar surface area (TPSA) is 100 Å². The van der Waals surface area contributed by atoms with Crippen LogP contribution in [0.2, 0.25) is 0 Å². The van der Waals surface area contributed by atoms with Crippen molar-refractivity contribution in [2.75, 3.05) is 0 Å². The lowest BCUT2D eigenvalue weighted by molar-refractivity contribution is 0.669. The maximum absolute atomic E-state index is 6.51. The van der Waals surface area contributed by atoms with Crippen molar-refractivity contribution in [1.29, 1.82) is 0 Å². The number of pyridine rings is 2. The second-order valence-electron chi connectivity index (χ2n) is 15.6. The van der Waals surface area contributed by atoms with Crippen molar-refractivity contribution in [3.05, 3.63) is 195 Å². The van der Waals surface area contributed by atoms with Gasteiger partial charge in [0.25, 0.3) is 0 Å². The highest BCUT2D eigenvalue weighted by Crippen LogP contribution is 2.41. The number of aromatic nitrogens is 8. The van der Waals surface area contributed by atoms with Gasteiger partial charge in [-0.25, -0.2) is 19.9 Å². The number of fused-ring (bicyclic) bond motifs is 9. The molecule has 0 saturated heterocycles. The van der Waals surface area contributed by atoms with E-state index in [4.69, 9.17) is 14.4 Å². The van der Waals surface area contributed by atoms with Crippen molar-refractivity contribution in [2.24, 2.45) is 0 Å². The molecular weight excluding hydrogens is 777 g/mol. The summed E-state index contributed by atoms with van der Waals surface area (Å²) < 4.78 is 11.1. The average Bonchev–Trinajstić information content (AvgIpc) is 4.01. The summed E-state index contributed by atoms with van der Waals surface area (Å²) in [7, 11) is 0. The monoisotopic (exact) mass is 808 g/mol. The maximum atomic E-state index is 6.51. The molecule has 13 rings (SSSR count). The Bertz CT molecular complexity index is 3670. The SMILES string of the molecule is c1cnc(-c2ccccc2-c2ccc3c(c2)c2ncccc2n3-c2ccc3oc4ccc(-n5c6ccc(-c7ccccc7-c7ncccn7)cc6c6ncccc65)cc4c3c2)nc1. The van der Waals surface area contributed by atoms with Gasteiger partial charge in [0, 0.05) is 81.2 Å². The van der Waals surface area contributed by atoms with Gasteiger partial charge in [-0.2, -0.15) is 0 Å². The van der Waals surface area contributed by atoms with Crippen LogP contribution in [0.3, 0.4) is 0 Å². The number of nitrogens with zero attached hydrogens (tertiary/aromatic N) is 8. The minimum Gasteiger partial charge on any atom is -0.456 e. The van der Waals surface area contributed by atoms with E-state index in [1.807, 2.05) is 48.8 Å². The van der Waals surface area contributed by atoms with E-state index in [1.165, 1.54) is 0 Å². The first kappa shape index (κ1) is 35.0. The fraction of sp³-hybridized carbons (Fsp3) is 0. The van der Waals surface area contributed by atoms with Gasteiger partial charge in [-0.3, -0.25) is 9.97 Å². The van der Waals surface area contributed by atoms with Crippen LogP contribution in [0.5, 0.6) is 0 Å². The largest absolute Gasteiger partial charge is 0.456 e. The third-order valence-corrected chi connectivity index (χ3v) is 12.1. The third kappa shape index (κ3) is 5.50. The predicted molar refractivity (Wildman–Crippen MR) is 251 cm³/mol. The van der Waals surface area contributed by atoms with E-state index in [2.05, 4.69) is 150 Å². The fourth-order valence-electron chi connectivity index (χ4n) is 9.33. The first-order valence-electron chi connectivity index (χ1n) is 20.7. The Labute approximate surface area is 359 Å². The van der Waals surface area contributed by atoms with Crippen molar-refractivity contribution >= 4 is 65.8 Å². The normalized spacial score (nSPS) is 11.8. The van der Waals surface area contributed by atoms with Crippen LogP contribution in [-0.2, 0) is 0 Å². The van der Waals surface area contributed by atoms with Crippen molar-refractivity contribution < 1.29 is 4.42 Å². The molecule has 7 aromatic heterocycles. The minimum absolute atomic E-state index is 0.693. The fourth-order valence-corrected chi connectivity index (χ4v) is 9.33. The van der Waals surface area contributed by atoms with Crippen LogP contribution in [0, 0.1) is 0 Å². The molecule has 9 heteroatoms. The van der Waals surface area contributed by atoms with Gasteiger partial charge < -0.3 is 13.6 Å². The molecule has 9 nitrogen and oxygen atoms in total. The van der Waals surface area contributed by atoms with Gasteiger partial charge in [-0.05, 0) is 119 Å². The van der Waals surface area contributed by atoms with Gasteiger partial charge in [-0.15, -0.1) is 0 Å². The molecule has 0 aliphatic rings. The Morgan fingerprint density at radius 3 is 1.21 bits per heavy atom. The molecule has 0 amide bonds. The van der Waals surface area contributed by atoms with Crippen molar-refractivity contribution in [2.45, 2.75) is 0 Å². The van der Waals surface area contributed by atoms with Crippen LogP contribution in [0.25, 0.3) is 122 Å². The number of benzene rings is 6. The molecule has 0 aliphatic carbocycles. The molecule has 13 aromatic rings. The van der Waals surface area contributed by atoms with E-state index < -0.39 is 0 Å². The zero-order valence-corrected chi connectivity index (χ0v) is 33.5. The highest BCUT2D eigenvalue weighted by Gasteiger charge is 2.20. The molecule has 294 valence electrons. The Kier molecular flexibility index (Phi) is 7.70. The highest BCUT2D eigenvalue weighted by molar-refractivity contribution is 6.12. The quantitative estimate of drug-likeness (QED) is 0.165. The van der Waals surface area contributed by atoms with Crippen LogP contribution in [-0.4, -0.2) is 39.0 Å². The molecule has 0 radical (unpaired) electrons. The first-order chi connectivity index (χ1) is 31.2. The second-order valence-corrected chi connectivity index (χ2v) is 15.6. The standard InChI is InChI=1S/C54H32N8O/c1-3-11-39(53-57-25-7-26-58-53)37(9-1)33-15-19-45-43(29-33)51-47(13-5-23-55-51)61(45)35-17-21-49-41(31-35)42-32-36(18-22-50(42)63-49)62-46-20-16-34(30-44(46)52-48(62)14-6-24-56-52)38-10-2-4-12-40(38)54-59-27-8-28-60-54/h1-32H. The van der Waals surface area contributed by atoms with Crippen LogP contribution >= 0.6 is 0 Å². The summed E-state index contributed by atoms with van der Waals surface area (Å²) in [6, 6.07) is 54.6. The Morgan fingerprint density at radius 1 is 0.317 bits per heavy atom. The predicted octanol–water partition coefficient (Wildman–Crippen LogP) is 12.8. The smallest absolute Gasteiger partial charge is 0.159 e. The number of furan rings is 1. The van der Waals surface area contributed by atoms with Crippen LogP contribution in [0.15, 0.2) is 199 Å². The van der Waals surface area contributed by atoms with Gasteiger partial charge in [0.1, 0.15) is 11.2 Å². The summed E-state index contributed by atoms with van der Waals surface area (Å²) in [5, 5.41) is 4.17. The molecule has 0 N–H and O–H groups in total. The summed E-state index contributed by atoms with van der Waals surface area (Å²) in [6.45, 7) is 0. The van der Waals surface area contributed by atoms with E-state index in [-0.39, 0.29) is 0 Å². The summed E-state index contributed by atoms with van der Waals surface area (Å²) in [6.07, 6.45) is 10.8. The zero-order chi connectivity index (χ0) is 41.4. The average molecular weight is 809 g/mol. The maximum Gasteiger partial charge on any atom is 0.159 e. The van der Waals surface area contributed by atoms with Crippen LogP contribution < -0.4 is 0 Å². The Balaban J connectivity index is 0.952. The highest BCUT2D eigenvalue weighted by atomic mass is 16.3. The Morgan fingerprint density at radius 2 is 0.746 bits per heavy atom. The second kappa shape index (κ2) is 13.9. The summed E-state index contributed by atoms with van der Waals surface area (Å²) in [4.78, 5) is 28.1. The van der Waals surface area contributed by atoms with Gasteiger partial charge in [0.15, 0.2) is 11.6 Å². The van der Waals surface area contributed by atoms with Gasteiger partial charge in [0.2, 0.25) is 0 Å². The number of hydrogen-bond acceptors (Lipinski definition) is 7. The number of hydrogen-bond donors (Lipinski definition) is 0. The van der Waals surface area contributed by atoms with Crippen molar-refractivity contribution in [3.63, 3.8) is 0 Å². The lowest BCUT2D eigenvalue weighted by Gasteiger charge is -2.11. The van der Waals surface area contributed by atoms with E-state index in [1.54, 1.807) is 24.8 Å². The number of rotatable bonds is 6. The Hall–Kier alpha value is -8.82. The van der Waals surface area contributed by atoms with Gasteiger partial charge >= 0.3 is 0 Å². The zero-order valence-electron chi connectivity index (χ0n) is 33.5. The van der Waals surface area contributed by atoms with E-state index in [9.17, 15) is 0 Å². The lowest BCUT2D eigenvalue weighted by atomic mass is 9.98. The molecule has 0 spiro atoms. The molecule has 63 heavy (non-hydrogen) atoms. The molecule has 0 atom stereocenters. The molecule has 0 unspecified atom stereocenters. The molecule has 0 aliphatic heterocycles. The summed E-state index contributed by atoms with van der Waals surface area (Å²) in [5.74, 6) is 1.39. The molecule has 6 aromatic carbocycles. The summed E-state index contributed by atoms with van der Waals surface area (Å²) >= 11 is 0. The first-order valence-corrected chi connectivity index (χ1v) is 20.7. The van der Waals surface area contributed by atoms with Gasteiger partial charge in [0.05, 0.1) is 33.1 Å². The van der Waals surface area contributed by atoms with E-state index in [0.717, 1.165) is 111 Å². The summed E-state index contributed by atoms with van der Waals surface area (Å²) in [5.41, 5.74) is 15.9. The molecule has 0 fully saturated rings. The van der Waals surface area contributed by atoms with E-state index in [0.29, 0.717) is 11.6 Å². The molecule has 7 heterocycles.